The maximum Gasteiger partial charge on any atom is 0.143 e. The van der Waals surface area contributed by atoms with Crippen LogP contribution in [-0.4, -0.2) is 16.6 Å². The first kappa shape index (κ1) is 12.9. The molecule has 0 aliphatic heterocycles. The highest BCUT2D eigenvalue weighted by Crippen LogP contribution is 2.40. The van der Waals surface area contributed by atoms with Gasteiger partial charge in [-0.25, -0.2) is 0 Å². The lowest BCUT2D eigenvalue weighted by atomic mass is 9.72. The van der Waals surface area contributed by atoms with Crippen LogP contribution in [0.5, 0.6) is 0 Å². The van der Waals surface area contributed by atoms with E-state index in [1.165, 1.54) is 0 Å². The smallest absolute Gasteiger partial charge is 0.143 e. The molecule has 0 saturated heterocycles. The summed E-state index contributed by atoms with van der Waals surface area (Å²) in [7, 11) is 0. The summed E-state index contributed by atoms with van der Waals surface area (Å²) in [6.07, 6.45) is 1.17. The molecule has 18 heavy (non-hydrogen) atoms. The fourth-order valence-corrected chi connectivity index (χ4v) is 2.79. The van der Waals surface area contributed by atoms with Gasteiger partial charge in [0.25, 0.3) is 0 Å². The Labute approximate surface area is 107 Å². The number of ketones is 1. The number of nitrogen functional groups attached to an aromatic ring is 1. The number of Topliss-reactive ketones (excluding diaryl/α,β-unsaturated/α-hetero) is 1. The monoisotopic (exact) mass is 248 g/mol. The lowest BCUT2D eigenvalue weighted by Gasteiger charge is -2.41. The molecule has 0 bridgehead atoms. The number of para-hydroxylation sites is 2. The van der Waals surface area contributed by atoms with Gasteiger partial charge >= 0.3 is 0 Å². The highest BCUT2D eigenvalue weighted by atomic mass is 16.3. The highest BCUT2D eigenvalue weighted by molar-refractivity contribution is 5.82. The molecule has 0 heterocycles. The van der Waals surface area contributed by atoms with E-state index in [2.05, 4.69) is 5.32 Å². The van der Waals surface area contributed by atoms with Crippen LogP contribution < -0.4 is 11.1 Å². The second-order valence-electron chi connectivity index (χ2n) is 5.98. The molecule has 1 aromatic carbocycles. The van der Waals surface area contributed by atoms with Gasteiger partial charge in [-0.05, 0) is 17.5 Å². The molecular weight excluding hydrogens is 228 g/mol. The number of carbonyl (C=O) groups excluding carboxylic acids is 1. The SMILES string of the molecule is CC1(C)CC(=O)CC(O)(Nc2ccccc2N)C1. The minimum absolute atomic E-state index is 0.0794. The normalized spacial score (nSPS) is 26.9. The van der Waals surface area contributed by atoms with Crippen molar-refractivity contribution in [2.75, 3.05) is 11.1 Å². The zero-order valence-corrected chi connectivity index (χ0v) is 10.9. The molecule has 1 aliphatic carbocycles. The third-order valence-corrected chi connectivity index (χ3v) is 3.26. The van der Waals surface area contributed by atoms with Gasteiger partial charge in [0, 0.05) is 12.8 Å². The first-order valence-corrected chi connectivity index (χ1v) is 6.17. The minimum atomic E-state index is -1.20. The summed E-state index contributed by atoms with van der Waals surface area (Å²) in [5.74, 6) is 0.0794. The van der Waals surface area contributed by atoms with Crippen molar-refractivity contribution in [3.05, 3.63) is 24.3 Å². The van der Waals surface area contributed by atoms with Crippen LogP contribution in [-0.2, 0) is 4.79 Å². The predicted molar refractivity (Wildman–Crippen MR) is 72.1 cm³/mol. The van der Waals surface area contributed by atoms with Crippen LogP contribution in [0.25, 0.3) is 0 Å². The lowest BCUT2D eigenvalue weighted by molar-refractivity contribution is -0.132. The summed E-state index contributed by atoms with van der Waals surface area (Å²) < 4.78 is 0. The molecule has 2 rings (SSSR count). The molecule has 4 heteroatoms. The van der Waals surface area contributed by atoms with Crippen molar-refractivity contribution in [1.82, 2.24) is 0 Å². The van der Waals surface area contributed by atoms with Crippen LogP contribution in [0.15, 0.2) is 24.3 Å². The standard InChI is InChI=1S/C14H20N2O2/c1-13(2)7-10(17)8-14(18,9-13)16-12-6-4-3-5-11(12)15/h3-6,16,18H,7-9,15H2,1-2H3. The first-order valence-electron chi connectivity index (χ1n) is 6.17. The Morgan fingerprint density at radius 3 is 2.56 bits per heavy atom. The molecule has 0 radical (unpaired) electrons. The second-order valence-corrected chi connectivity index (χ2v) is 5.98. The lowest BCUT2D eigenvalue weighted by Crippen LogP contribution is -2.48. The Bertz CT molecular complexity index is 471. The van der Waals surface area contributed by atoms with Gasteiger partial charge < -0.3 is 16.2 Å². The van der Waals surface area contributed by atoms with Crippen molar-refractivity contribution in [3.63, 3.8) is 0 Å². The van der Waals surface area contributed by atoms with Crippen molar-refractivity contribution in [2.45, 2.75) is 38.8 Å². The summed E-state index contributed by atoms with van der Waals surface area (Å²) in [6, 6.07) is 7.25. The third kappa shape index (κ3) is 2.82. The average molecular weight is 248 g/mol. The van der Waals surface area contributed by atoms with E-state index < -0.39 is 5.72 Å². The molecule has 1 fully saturated rings. The highest BCUT2D eigenvalue weighted by Gasteiger charge is 2.42. The molecule has 0 spiro atoms. The van der Waals surface area contributed by atoms with E-state index in [1.807, 2.05) is 26.0 Å². The topological polar surface area (TPSA) is 75.3 Å². The number of nitrogens with one attached hydrogen (secondary N) is 1. The number of hydrogen-bond acceptors (Lipinski definition) is 4. The van der Waals surface area contributed by atoms with E-state index >= 15 is 0 Å². The zero-order valence-electron chi connectivity index (χ0n) is 10.9. The molecule has 1 saturated carbocycles. The minimum Gasteiger partial charge on any atom is -0.397 e. The van der Waals surface area contributed by atoms with Gasteiger partial charge in [0.1, 0.15) is 11.5 Å². The largest absolute Gasteiger partial charge is 0.397 e. The van der Waals surface area contributed by atoms with Crippen molar-refractivity contribution >= 4 is 17.2 Å². The number of hydrogen-bond donors (Lipinski definition) is 3. The van der Waals surface area contributed by atoms with Crippen molar-refractivity contribution in [1.29, 1.82) is 0 Å². The van der Waals surface area contributed by atoms with Crippen molar-refractivity contribution in [3.8, 4) is 0 Å². The Kier molecular flexibility index (Phi) is 3.07. The molecule has 0 aromatic heterocycles. The summed E-state index contributed by atoms with van der Waals surface area (Å²) in [4.78, 5) is 11.7. The van der Waals surface area contributed by atoms with Crippen molar-refractivity contribution < 1.29 is 9.90 Å². The van der Waals surface area contributed by atoms with E-state index in [-0.39, 0.29) is 17.6 Å². The second kappa shape index (κ2) is 4.28. The Morgan fingerprint density at radius 1 is 1.28 bits per heavy atom. The van der Waals surface area contributed by atoms with E-state index in [1.54, 1.807) is 12.1 Å². The van der Waals surface area contributed by atoms with Crippen LogP contribution in [0, 0.1) is 5.41 Å². The fraction of sp³-hybridized carbons (Fsp3) is 0.500. The molecule has 1 aliphatic rings. The molecule has 1 atom stereocenters. The zero-order chi connectivity index (χ0) is 13.4. The van der Waals surface area contributed by atoms with E-state index in [0.29, 0.717) is 24.2 Å². The predicted octanol–water partition coefficient (Wildman–Crippen LogP) is 2.15. The van der Waals surface area contributed by atoms with Crippen LogP contribution >= 0.6 is 0 Å². The molecule has 4 N–H and O–H groups in total. The van der Waals surface area contributed by atoms with Gasteiger partial charge in [-0.2, -0.15) is 0 Å². The maximum atomic E-state index is 11.7. The summed E-state index contributed by atoms with van der Waals surface area (Å²) in [6.45, 7) is 3.98. The number of carbonyl (C=O) groups is 1. The van der Waals surface area contributed by atoms with E-state index in [9.17, 15) is 9.90 Å². The molecule has 98 valence electrons. The molecular formula is C14H20N2O2. The Balaban J connectivity index is 2.22. The number of benzene rings is 1. The molecule has 0 amide bonds. The van der Waals surface area contributed by atoms with E-state index in [0.717, 1.165) is 0 Å². The third-order valence-electron chi connectivity index (χ3n) is 3.26. The summed E-state index contributed by atoms with van der Waals surface area (Å²) in [5.41, 5.74) is 5.69. The van der Waals surface area contributed by atoms with Crippen LogP contribution in [0.1, 0.15) is 33.1 Å². The average Bonchev–Trinajstić information content (AvgIpc) is 2.17. The molecule has 4 nitrogen and oxygen atoms in total. The molecule has 1 unspecified atom stereocenters. The quantitative estimate of drug-likeness (QED) is 0.553. The van der Waals surface area contributed by atoms with Crippen molar-refractivity contribution in [2.24, 2.45) is 5.41 Å². The number of rotatable bonds is 2. The van der Waals surface area contributed by atoms with E-state index in [4.69, 9.17) is 5.73 Å². The van der Waals surface area contributed by atoms with Gasteiger partial charge in [0.2, 0.25) is 0 Å². The Hall–Kier alpha value is -1.55. The fourth-order valence-electron chi connectivity index (χ4n) is 2.79. The number of nitrogens with two attached hydrogens (primary N) is 1. The van der Waals surface area contributed by atoms with Gasteiger partial charge in [-0.1, -0.05) is 26.0 Å². The number of anilines is 2. The van der Waals surface area contributed by atoms with Crippen LogP contribution in [0.3, 0.4) is 0 Å². The first-order chi connectivity index (χ1) is 8.30. The summed E-state index contributed by atoms with van der Waals surface area (Å²) in [5, 5.41) is 13.6. The van der Waals surface area contributed by atoms with Gasteiger partial charge in [0.15, 0.2) is 0 Å². The van der Waals surface area contributed by atoms with Crippen LogP contribution in [0.2, 0.25) is 0 Å². The Morgan fingerprint density at radius 2 is 1.94 bits per heavy atom. The van der Waals surface area contributed by atoms with Gasteiger partial charge in [0.05, 0.1) is 17.8 Å². The number of aliphatic hydroxyl groups is 1. The van der Waals surface area contributed by atoms with Gasteiger partial charge in [-0.3, -0.25) is 4.79 Å². The molecule has 1 aromatic rings. The summed E-state index contributed by atoms with van der Waals surface area (Å²) >= 11 is 0. The van der Waals surface area contributed by atoms with Gasteiger partial charge in [-0.15, -0.1) is 0 Å². The maximum absolute atomic E-state index is 11.7. The van der Waals surface area contributed by atoms with Crippen LogP contribution in [0.4, 0.5) is 11.4 Å².